The molecule has 0 saturated heterocycles. The molecule has 1 amide bonds. The van der Waals surface area contributed by atoms with E-state index in [-0.39, 0.29) is 18.3 Å². The zero-order valence-corrected chi connectivity index (χ0v) is 22.1. The quantitative estimate of drug-likeness (QED) is 0.171. The third-order valence-corrected chi connectivity index (χ3v) is 6.59. The zero-order valence-electron chi connectivity index (χ0n) is 19.9. The molecule has 0 fully saturated rings. The molecule has 0 atom stereocenters. The monoisotopic (exact) mass is 604 g/mol. The van der Waals surface area contributed by atoms with Crippen molar-refractivity contribution in [2.75, 3.05) is 12.1 Å². The first-order valence-corrected chi connectivity index (χ1v) is 12.6. The smallest absolute Gasteiger partial charge is 0.281 e. The minimum absolute atomic E-state index is 0.212. The van der Waals surface area contributed by atoms with E-state index in [0.717, 1.165) is 20.3 Å². The minimum Gasteiger partial charge on any atom is -0.493 e. The Morgan fingerprint density at radius 3 is 2.30 bits per heavy atom. The lowest BCUT2D eigenvalue weighted by Gasteiger charge is -2.14. The highest BCUT2D eigenvalue weighted by Crippen LogP contribution is 2.36. The van der Waals surface area contributed by atoms with E-state index in [4.69, 9.17) is 9.47 Å². The van der Waals surface area contributed by atoms with Crippen LogP contribution >= 0.6 is 22.6 Å². The lowest BCUT2D eigenvalue weighted by atomic mass is 10.00. The van der Waals surface area contributed by atoms with Gasteiger partial charge in [0.2, 0.25) is 0 Å². The summed E-state index contributed by atoms with van der Waals surface area (Å²) in [5.41, 5.74) is 4.24. The molecule has 0 saturated carbocycles. The van der Waals surface area contributed by atoms with E-state index in [1.807, 2.05) is 78.9 Å². The highest BCUT2D eigenvalue weighted by Gasteiger charge is 2.32. The summed E-state index contributed by atoms with van der Waals surface area (Å²) in [6.07, 6.45) is 1.82. The Kier molecular flexibility index (Phi) is 7.32. The van der Waals surface area contributed by atoms with Gasteiger partial charge in [0, 0.05) is 5.56 Å². The third kappa shape index (κ3) is 5.41. The van der Waals surface area contributed by atoms with E-state index in [1.165, 1.54) is 17.1 Å². The van der Waals surface area contributed by atoms with Gasteiger partial charge < -0.3 is 9.47 Å². The van der Waals surface area contributed by atoms with Crippen LogP contribution in [0.5, 0.6) is 11.5 Å². The SMILES string of the molecule is COc1cc(/C=C2\C(=O)N(c3ccccc3)N=C2c2ccccc2)cc(I)c1OCc1ccc(F)cc1. The second-order valence-corrected chi connectivity index (χ2v) is 9.44. The van der Waals surface area contributed by atoms with E-state index < -0.39 is 0 Å². The average Bonchev–Trinajstić information content (AvgIpc) is 3.25. The number of nitrogens with zero attached hydrogens (tertiary/aromatic N) is 2. The molecule has 1 heterocycles. The standard InChI is InChI=1S/C30H22FIN2O3/c1-36-27-18-21(17-26(32)29(27)37-19-20-12-14-23(31)15-13-20)16-25-28(22-8-4-2-5-9-22)33-34(30(25)35)24-10-6-3-7-11-24/h2-18H,19H2,1H3/b25-16-. The first-order valence-electron chi connectivity index (χ1n) is 11.5. The molecule has 0 unspecified atom stereocenters. The van der Waals surface area contributed by atoms with E-state index in [9.17, 15) is 9.18 Å². The number of rotatable bonds is 7. The second kappa shape index (κ2) is 11.0. The van der Waals surface area contributed by atoms with E-state index in [2.05, 4.69) is 27.7 Å². The lowest BCUT2D eigenvalue weighted by Crippen LogP contribution is -2.21. The molecule has 4 aromatic rings. The van der Waals surface area contributed by atoms with Crippen molar-refractivity contribution < 1.29 is 18.7 Å². The second-order valence-electron chi connectivity index (χ2n) is 8.27. The Bertz CT molecular complexity index is 1490. The fraction of sp³-hybridized carbons (Fsp3) is 0.0667. The van der Waals surface area contributed by atoms with Gasteiger partial charge in [0.15, 0.2) is 11.5 Å². The number of halogens is 2. The number of carbonyl (C=O) groups excluding carboxylic acids is 1. The molecule has 0 aromatic heterocycles. The summed E-state index contributed by atoms with van der Waals surface area (Å²) in [6.45, 7) is 0.266. The summed E-state index contributed by atoms with van der Waals surface area (Å²) in [5.74, 6) is 0.606. The van der Waals surface area contributed by atoms with Gasteiger partial charge in [-0.3, -0.25) is 4.79 Å². The number of hydrogen-bond acceptors (Lipinski definition) is 4. The first kappa shape index (κ1) is 24.7. The van der Waals surface area contributed by atoms with E-state index in [1.54, 1.807) is 19.2 Å². The minimum atomic E-state index is -0.293. The van der Waals surface area contributed by atoms with Crippen LogP contribution in [0, 0.1) is 9.39 Å². The molecule has 0 spiro atoms. The first-order chi connectivity index (χ1) is 18.0. The van der Waals surface area contributed by atoms with Crippen molar-refractivity contribution in [2.45, 2.75) is 6.61 Å². The van der Waals surface area contributed by atoms with Crippen molar-refractivity contribution in [3.05, 3.63) is 129 Å². The van der Waals surface area contributed by atoms with Crippen molar-refractivity contribution in [2.24, 2.45) is 5.10 Å². The summed E-state index contributed by atoms with van der Waals surface area (Å²) in [4.78, 5) is 13.5. The topological polar surface area (TPSA) is 51.1 Å². The zero-order chi connectivity index (χ0) is 25.8. The molecule has 0 N–H and O–H groups in total. The number of methoxy groups -OCH3 is 1. The molecular formula is C30H22FIN2O3. The number of anilines is 1. The van der Waals surface area contributed by atoms with Crippen LogP contribution in [0.15, 0.2) is 108 Å². The maximum atomic E-state index is 13.5. The summed E-state index contributed by atoms with van der Waals surface area (Å²) in [6, 6.07) is 28.9. The fourth-order valence-electron chi connectivity index (χ4n) is 3.96. The van der Waals surface area contributed by atoms with Gasteiger partial charge in [-0.15, -0.1) is 0 Å². The molecule has 1 aliphatic rings. The number of para-hydroxylation sites is 1. The lowest BCUT2D eigenvalue weighted by molar-refractivity contribution is -0.114. The van der Waals surface area contributed by atoms with Crippen molar-refractivity contribution in [3.8, 4) is 11.5 Å². The van der Waals surface area contributed by atoms with Crippen LogP contribution in [0.4, 0.5) is 10.1 Å². The molecule has 0 radical (unpaired) electrons. The van der Waals surface area contributed by atoms with Gasteiger partial charge in [0.05, 0.1) is 21.9 Å². The van der Waals surface area contributed by atoms with Crippen LogP contribution in [0.25, 0.3) is 6.08 Å². The summed E-state index contributed by atoms with van der Waals surface area (Å²) in [7, 11) is 1.57. The maximum Gasteiger partial charge on any atom is 0.281 e. The number of ether oxygens (including phenoxy) is 2. The summed E-state index contributed by atoms with van der Waals surface area (Å²) >= 11 is 2.19. The molecule has 184 valence electrons. The van der Waals surface area contributed by atoms with Crippen LogP contribution in [0.1, 0.15) is 16.7 Å². The highest BCUT2D eigenvalue weighted by atomic mass is 127. The molecule has 1 aliphatic heterocycles. The van der Waals surface area contributed by atoms with Crippen LogP contribution in [-0.2, 0) is 11.4 Å². The Balaban J connectivity index is 1.50. The molecule has 0 bridgehead atoms. The van der Waals surface area contributed by atoms with Crippen molar-refractivity contribution in [1.29, 1.82) is 0 Å². The van der Waals surface area contributed by atoms with Crippen LogP contribution in [0.2, 0.25) is 0 Å². The molecule has 5 nitrogen and oxygen atoms in total. The molecule has 0 aliphatic carbocycles. The number of benzene rings is 4. The highest BCUT2D eigenvalue weighted by molar-refractivity contribution is 14.1. The fourth-order valence-corrected chi connectivity index (χ4v) is 4.75. The number of carbonyl (C=O) groups is 1. The van der Waals surface area contributed by atoms with Gasteiger partial charge in [-0.25, -0.2) is 4.39 Å². The Labute approximate surface area is 228 Å². The van der Waals surface area contributed by atoms with Gasteiger partial charge in [0.1, 0.15) is 18.1 Å². The number of amides is 1. The Morgan fingerprint density at radius 1 is 0.946 bits per heavy atom. The normalized spacial score (nSPS) is 14.1. The van der Waals surface area contributed by atoms with Crippen molar-refractivity contribution in [1.82, 2.24) is 0 Å². The van der Waals surface area contributed by atoms with Crippen molar-refractivity contribution in [3.63, 3.8) is 0 Å². The Hall–Kier alpha value is -3.98. The molecular weight excluding hydrogens is 582 g/mol. The van der Waals surface area contributed by atoms with Crippen LogP contribution in [0.3, 0.4) is 0 Å². The number of hydrazone groups is 1. The van der Waals surface area contributed by atoms with Gasteiger partial charge in [0.25, 0.3) is 5.91 Å². The largest absolute Gasteiger partial charge is 0.493 e. The van der Waals surface area contributed by atoms with Crippen LogP contribution < -0.4 is 14.5 Å². The van der Waals surface area contributed by atoms with Gasteiger partial charge in [-0.05, 0) is 76.2 Å². The van der Waals surface area contributed by atoms with E-state index >= 15 is 0 Å². The molecule has 7 heteroatoms. The summed E-state index contributed by atoms with van der Waals surface area (Å²) in [5, 5.41) is 6.11. The van der Waals surface area contributed by atoms with Crippen molar-refractivity contribution >= 4 is 46.0 Å². The summed E-state index contributed by atoms with van der Waals surface area (Å²) < 4.78 is 25.7. The number of hydrogen-bond donors (Lipinski definition) is 0. The maximum absolute atomic E-state index is 13.5. The van der Waals surface area contributed by atoms with E-state index in [0.29, 0.717) is 28.5 Å². The molecule has 37 heavy (non-hydrogen) atoms. The molecule has 5 rings (SSSR count). The predicted molar refractivity (Wildman–Crippen MR) is 151 cm³/mol. The van der Waals surface area contributed by atoms with Gasteiger partial charge in [-0.1, -0.05) is 60.7 Å². The Morgan fingerprint density at radius 2 is 1.62 bits per heavy atom. The van der Waals surface area contributed by atoms with Crippen LogP contribution in [-0.4, -0.2) is 18.7 Å². The average molecular weight is 604 g/mol. The molecule has 4 aromatic carbocycles. The van der Waals surface area contributed by atoms with Gasteiger partial charge >= 0.3 is 0 Å². The third-order valence-electron chi connectivity index (χ3n) is 5.79. The predicted octanol–water partition coefficient (Wildman–Crippen LogP) is 6.85. The van der Waals surface area contributed by atoms with Gasteiger partial charge in [-0.2, -0.15) is 10.1 Å².